The molecule has 4 heteroatoms. The van der Waals surface area contributed by atoms with E-state index in [1.54, 1.807) is 6.92 Å². The fourth-order valence-electron chi connectivity index (χ4n) is 1.23. The second-order valence-electron chi connectivity index (χ2n) is 4.67. The number of aromatic nitrogens is 2. The number of nitrogens with zero attached hydrogens (tertiary/aromatic N) is 1. The van der Waals surface area contributed by atoms with Crippen molar-refractivity contribution in [2.75, 3.05) is 11.9 Å². The summed E-state index contributed by atoms with van der Waals surface area (Å²) in [7, 11) is 0. The lowest BCUT2D eigenvalue weighted by Gasteiger charge is -2.18. The number of hydrogen-bond donors (Lipinski definition) is 2. The first-order valence-electron chi connectivity index (χ1n) is 5.21. The molecule has 0 aliphatic heterocycles. The van der Waals surface area contributed by atoms with Gasteiger partial charge in [-0.05, 0) is 13.8 Å². The number of rotatable bonds is 2. The Bertz CT molecular complexity index is 401. The average molecular weight is 209 g/mol. The molecule has 84 valence electrons. The Hall–Kier alpha value is -1.32. The molecular weight excluding hydrogens is 190 g/mol. The van der Waals surface area contributed by atoms with Gasteiger partial charge in [-0.3, -0.25) is 4.79 Å². The van der Waals surface area contributed by atoms with Crippen molar-refractivity contribution in [1.29, 1.82) is 0 Å². The van der Waals surface area contributed by atoms with Crippen LogP contribution in [0.2, 0.25) is 0 Å². The van der Waals surface area contributed by atoms with Crippen LogP contribution in [0, 0.1) is 6.92 Å². The molecule has 1 rings (SSSR count). The third-order valence-electron chi connectivity index (χ3n) is 2.21. The minimum atomic E-state index is -0.142. The average Bonchev–Trinajstić information content (AvgIpc) is 2.11. The van der Waals surface area contributed by atoms with Gasteiger partial charge in [0.1, 0.15) is 11.6 Å². The molecule has 1 aromatic rings. The smallest absolute Gasteiger partial charge is 0.255 e. The van der Waals surface area contributed by atoms with Crippen LogP contribution in [0.5, 0.6) is 0 Å². The maximum Gasteiger partial charge on any atom is 0.255 e. The summed E-state index contributed by atoms with van der Waals surface area (Å²) in [6.45, 7) is 10.6. The van der Waals surface area contributed by atoms with E-state index in [4.69, 9.17) is 0 Å². The number of hydrogen-bond acceptors (Lipinski definition) is 3. The zero-order valence-corrected chi connectivity index (χ0v) is 10.1. The Morgan fingerprint density at radius 2 is 2.00 bits per heavy atom. The van der Waals surface area contributed by atoms with E-state index in [0.29, 0.717) is 17.2 Å². The molecule has 1 aromatic heterocycles. The largest absolute Gasteiger partial charge is 0.370 e. The van der Waals surface area contributed by atoms with E-state index >= 15 is 0 Å². The van der Waals surface area contributed by atoms with E-state index < -0.39 is 0 Å². The van der Waals surface area contributed by atoms with E-state index in [9.17, 15) is 4.79 Å². The van der Waals surface area contributed by atoms with Gasteiger partial charge in [0.05, 0.1) is 5.56 Å². The first-order valence-corrected chi connectivity index (χ1v) is 5.21. The third-order valence-corrected chi connectivity index (χ3v) is 2.21. The number of H-pyrrole nitrogens is 1. The Labute approximate surface area is 90.1 Å². The van der Waals surface area contributed by atoms with E-state index in [-0.39, 0.29) is 11.0 Å². The predicted octanol–water partition coefficient (Wildman–Crippen LogP) is 1.81. The summed E-state index contributed by atoms with van der Waals surface area (Å²) < 4.78 is 0. The molecule has 0 saturated carbocycles. The fraction of sp³-hybridized carbons (Fsp3) is 0.636. The summed E-state index contributed by atoms with van der Waals surface area (Å²) in [5, 5.41) is 3.10. The van der Waals surface area contributed by atoms with Gasteiger partial charge in [0.25, 0.3) is 5.56 Å². The maximum atomic E-state index is 11.6. The molecule has 0 unspecified atom stereocenters. The number of nitrogens with one attached hydrogen (secondary N) is 2. The molecule has 1 heterocycles. The molecule has 0 fully saturated rings. The van der Waals surface area contributed by atoms with Gasteiger partial charge in [-0.1, -0.05) is 20.8 Å². The molecule has 0 amide bonds. The standard InChI is InChI=1S/C11H19N3O/c1-6-12-8-7(2)9(15)14-10(13-8)11(3,4)5/h6H2,1-5H3,(H2,12,13,14,15). The third kappa shape index (κ3) is 2.58. The van der Waals surface area contributed by atoms with E-state index in [2.05, 4.69) is 15.3 Å². The summed E-state index contributed by atoms with van der Waals surface area (Å²) >= 11 is 0. The summed E-state index contributed by atoms with van der Waals surface area (Å²) in [6, 6.07) is 0. The van der Waals surface area contributed by atoms with Gasteiger partial charge in [0.15, 0.2) is 0 Å². The number of aromatic amines is 1. The first-order chi connectivity index (χ1) is 6.86. The van der Waals surface area contributed by atoms with Gasteiger partial charge in [-0.15, -0.1) is 0 Å². The maximum absolute atomic E-state index is 11.6. The zero-order valence-electron chi connectivity index (χ0n) is 10.1. The van der Waals surface area contributed by atoms with Gasteiger partial charge in [-0.2, -0.15) is 0 Å². The van der Waals surface area contributed by atoms with Crippen molar-refractivity contribution >= 4 is 5.82 Å². The molecule has 0 atom stereocenters. The second-order valence-corrected chi connectivity index (χ2v) is 4.67. The zero-order chi connectivity index (χ0) is 11.6. The highest BCUT2D eigenvalue weighted by Gasteiger charge is 2.18. The SMILES string of the molecule is CCNc1nc(C(C)(C)C)[nH]c(=O)c1C. The highest BCUT2D eigenvalue weighted by Crippen LogP contribution is 2.18. The van der Waals surface area contributed by atoms with Crippen LogP contribution in [0.3, 0.4) is 0 Å². The Morgan fingerprint density at radius 1 is 1.40 bits per heavy atom. The molecule has 4 nitrogen and oxygen atoms in total. The van der Waals surface area contributed by atoms with Gasteiger partial charge in [0, 0.05) is 12.0 Å². The van der Waals surface area contributed by atoms with Gasteiger partial charge >= 0.3 is 0 Å². The summed E-state index contributed by atoms with van der Waals surface area (Å²) in [6.07, 6.45) is 0. The Balaban J connectivity index is 3.30. The van der Waals surface area contributed by atoms with Crippen LogP contribution < -0.4 is 10.9 Å². The number of anilines is 1. The summed E-state index contributed by atoms with van der Waals surface area (Å²) in [5.74, 6) is 1.40. The molecule has 0 aliphatic rings. The lowest BCUT2D eigenvalue weighted by Crippen LogP contribution is -2.25. The minimum absolute atomic E-state index is 0.0640. The van der Waals surface area contributed by atoms with E-state index in [1.807, 2.05) is 27.7 Å². The molecule has 0 radical (unpaired) electrons. The topological polar surface area (TPSA) is 57.8 Å². The molecule has 0 saturated heterocycles. The molecule has 2 N–H and O–H groups in total. The van der Waals surface area contributed by atoms with Gasteiger partial charge in [-0.25, -0.2) is 4.98 Å². The van der Waals surface area contributed by atoms with E-state index in [1.165, 1.54) is 0 Å². The summed E-state index contributed by atoms with van der Waals surface area (Å²) in [5.41, 5.74) is 0.438. The van der Waals surface area contributed by atoms with Crippen LogP contribution in [0.1, 0.15) is 39.1 Å². The van der Waals surface area contributed by atoms with Crippen molar-refractivity contribution in [2.24, 2.45) is 0 Å². The highest BCUT2D eigenvalue weighted by molar-refractivity contribution is 5.42. The van der Waals surface area contributed by atoms with Gasteiger partial charge < -0.3 is 10.3 Å². The van der Waals surface area contributed by atoms with Crippen molar-refractivity contribution in [1.82, 2.24) is 9.97 Å². The fourth-order valence-corrected chi connectivity index (χ4v) is 1.23. The molecule has 15 heavy (non-hydrogen) atoms. The molecule has 0 aliphatic carbocycles. The van der Waals surface area contributed by atoms with Crippen LogP contribution in [0.15, 0.2) is 4.79 Å². The van der Waals surface area contributed by atoms with Crippen LogP contribution >= 0.6 is 0 Å². The molecular formula is C11H19N3O. The van der Waals surface area contributed by atoms with Crippen LogP contribution in [-0.4, -0.2) is 16.5 Å². The highest BCUT2D eigenvalue weighted by atomic mass is 16.1. The van der Waals surface area contributed by atoms with Crippen molar-refractivity contribution in [3.63, 3.8) is 0 Å². The van der Waals surface area contributed by atoms with Crippen molar-refractivity contribution in [3.05, 3.63) is 21.7 Å². The first kappa shape index (κ1) is 11.8. The van der Waals surface area contributed by atoms with Crippen LogP contribution in [0.4, 0.5) is 5.82 Å². The van der Waals surface area contributed by atoms with Crippen molar-refractivity contribution in [3.8, 4) is 0 Å². The van der Waals surface area contributed by atoms with Crippen molar-refractivity contribution < 1.29 is 0 Å². The molecule has 0 spiro atoms. The summed E-state index contributed by atoms with van der Waals surface area (Å²) in [4.78, 5) is 18.9. The lowest BCUT2D eigenvalue weighted by molar-refractivity contribution is 0.542. The van der Waals surface area contributed by atoms with Crippen LogP contribution in [-0.2, 0) is 5.41 Å². The van der Waals surface area contributed by atoms with Gasteiger partial charge in [0.2, 0.25) is 0 Å². The van der Waals surface area contributed by atoms with Crippen molar-refractivity contribution in [2.45, 2.75) is 40.0 Å². The quantitative estimate of drug-likeness (QED) is 0.781. The monoisotopic (exact) mass is 209 g/mol. The lowest BCUT2D eigenvalue weighted by atomic mass is 9.95. The second kappa shape index (κ2) is 4.04. The minimum Gasteiger partial charge on any atom is -0.370 e. The molecule has 0 aromatic carbocycles. The predicted molar refractivity (Wildman–Crippen MR) is 62.5 cm³/mol. The molecule has 0 bridgehead atoms. The van der Waals surface area contributed by atoms with Crippen LogP contribution in [0.25, 0.3) is 0 Å². The Morgan fingerprint density at radius 3 is 2.47 bits per heavy atom. The normalized spacial score (nSPS) is 11.5. The Kier molecular flexibility index (Phi) is 3.17. The van der Waals surface area contributed by atoms with E-state index in [0.717, 1.165) is 6.54 Å².